The number of non-ortho nitro benzene ring substituents is 1. The number of hydrogen-bond acceptors (Lipinski definition) is 7. The molecule has 1 heterocycles. The lowest BCUT2D eigenvalue weighted by molar-refractivity contribution is -0.384. The van der Waals surface area contributed by atoms with E-state index in [4.69, 9.17) is 11.6 Å². The van der Waals surface area contributed by atoms with E-state index >= 15 is 0 Å². The summed E-state index contributed by atoms with van der Waals surface area (Å²) in [5.41, 5.74) is 0.516. The quantitative estimate of drug-likeness (QED) is 0.148. The van der Waals surface area contributed by atoms with E-state index in [-0.39, 0.29) is 28.7 Å². The van der Waals surface area contributed by atoms with Gasteiger partial charge in [0.05, 0.1) is 16.7 Å². The van der Waals surface area contributed by atoms with E-state index in [1.807, 2.05) is 0 Å². The van der Waals surface area contributed by atoms with E-state index in [0.29, 0.717) is 28.1 Å². The van der Waals surface area contributed by atoms with Gasteiger partial charge >= 0.3 is 0 Å². The number of allylic oxidation sites excluding steroid dienone is 1. The minimum Gasteiger partial charge on any atom is -0.342 e. The number of carbonyl (C=O) groups excluding carboxylic acids is 2. The summed E-state index contributed by atoms with van der Waals surface area (Å²) in [6.45, 7) is 5.89. The highest BCUT2D eigenvalue weighted by atomic mass is 35.5. The lowest BCUT2D eigenvalue weighted by Crippen LogP contribution is -2.28. The molecule has 1 N–H and O–H groups in total. The van der Waals surface area contributed by atoms with Gasteiger partial charge in [0, 0.05) is 34.8 Å². The van der Waals surface area contributed by atoms with Crippen LogP contribution >= 0.6 is 23.4 Å². The fourth-order valence-electron chi connectivity index (χ4n) is 3.01. The molecule has 11 heteroatoms. The molecule has 1 atom stereocenters. The number of carbonyl (C=O) groups is 2. The van der Waals surface area contributed by atoms with Crippen LogP contribution in [0.4, 0.5) is 5.69 Å². The minimum absolute atomic E-state index is 0.0136. The van der Waals surface area contributed by atoms with Crippen molar-refractivity contribution < 1.29 is 14.5 Å². The van der Waals surface area contributed by atoms with E-state index in [9.17, 15) is 19.7 Å². The molecule has 170 valence electrons. The number of nitrogens with one attached hydrogen (secondary N) is 1. The Kier molecular flexibility index (Phi) is 7.96. The maximum atomic E-state index is 12.6. The first-order chi connectivity index (χ1) is 15.8. The van der Waals surface area contributed by atoms with Crippen molar-refractivity contribution in [3.63, 3.8) is 0 Å². The van der Waals surface area contributed by atoms with Crippen LogP contribution in [0.25, 0.3) is 0 Å². The van der Waals surface area contributed by atoms with Gasteiger partial charge in [0.15, 0.2) is 16.8 Å². The van der Waals surface area contributed by atoms with Gasteiger partial charge < -0.3 is 9.88 Å². The van der Waals surface area contributed by atoms with Crippen molar-refractivity contribution in [2.24, 2.45) is 0 Å². The number of hydrogen-bond donors (Lipinski definition) is 1. The van der Waals surface area contributed by atoms with Gasteiger partial charge in [-0.15, -0.1) is 16.8 Å². The highest BCUT2D eigenvalue weighted by Gasteiger charge is 2.21. The molecule has 2 aromatic carbocycles. The summed E-state index contributed by atoms with van der Waals surface area (Å²) in [6, 6.07) is 11.7. The number of halogens is 1. The number of amides is 1. The second kappa shape index (κ2) is 10.9. The van der Waals surface area contributed by atoms with Crippen LogP contribution in [0.1, 0.15) is 39.5 Å². The van der Waals surface area contributed by atoms with Crippen molar-refractivity contribution in [2.75, 3.05) is 5.75 Å². The van der Waals surface area contributed by atoms with Gasteiger partial charge in [-0.05, 0) is 25.1 Å². The molecule has 0 spiro atoms. The van der Waals surface area contributed by atoms with Crippen LogP contribution < -0.4 is 5.32 Å². The molecule has 0 aliphatic carbocycles. The SMILES string of the molecule is C=CCn1c(SCC(=O)c2cccc([N+](=O)[O-])c2)nnc1[C@H](C)NC(=O)c1cccc(Cl)c1. The first-order valence-corrected chi connectivity index (χ1v) is 11.2. The van der Waals surface area contributed by atoms with Gasteiger partial charge in [-0.2, -0.15) is 0 Å². The molecule has 0 radical (unpaired) electrons. The molecule has 0 saturated carbocycles. The Hall–Kier alpha value is -3.50. The maximum Gasteiger partial charge on any atom is 0.270 e. The number of ketones is 1. The van der Waals surface area contributed by atoms with Gasteiger partial charge in [-0.3, -0.25) is 19.7 Å². The molecule has 3 aromatic rings. The Morgan fingerprint density at radius 1 is 1.24 bits per heavy atom. The van der Waals surface area contributed by atoms with Crippen LogP contribution in [-0.4, -0.2) is 37.1 Å². The Bertz CT molecular complexity index is 1210. The topological polar surface area (TPSA) is 120 Å². The summed E-state index contributed by atoms with van der Waals surface area (Å²) in [4.78, 5) is 35.5. The number of rotatable bonds is 10. The van der Waals surface area contributed by atoms with Crippen LogP contribution in [0.5, 0.6) is 0 Å². The van der Waals surface area contributed by atoms with Crippen LogP contribution in [-0.2, 0) is 6.54 Å². The zero-order chi connectivity index (χ0) is 24.0. The molecule has 0 unspecified atom stereocenters. The van der Waals surface area contributed by atoms with Crippen LogP contribution in [0.15, 0.2) is 66.3 Å². The van der Waals surface area contributed by atoms with Crippen molar-refractivity contribution in [1.29, 1.82) is 0 Å². The predicted molar refractivity (Wildman–Crippen MR) is 126 cm³/mol. The third kappa shape index (κ3) is 6.05. The van der Waals surface area contributed by atoms with E-state index in [2.05, 4.69) is 22.1 Å². The van der Waals surface area contributed by atoms with Crippen LogP contribution in [0.3, 0.4) is 0 Å². The third-order valence-electron chi connectivity index (χ3n) is 4.59. The van der Waals surface area contributed by atoms with Gasteiger partial charge in [0.1, 0.15) is 0 Å². The second-order valence-electron chi connectivity index (χ2n) is 6.96. The van der Waals surface area contributed by atoms with E-state index in [0.717, 1.165) is 11.8 Å². The van der Waals surface area contributed by atoms with Crippen molar-refractivity contribution in [2.45, 2.75) is 24.7 Å². The summed E-state index contributed by atoms with van der Waals surface area (Å²) in [5, 5.41) is 23.1. The van der Waals surface area contributed by atoms with Gasteiger partial charge in [0.25, 0.3) is 11.6 Å². The van der Waals surface area contributed by atoms with Crippen molar-refractivity contribution in [3.05, 3.63) is 93.3 Å². The van der Waals surface area contributed by atoms with Gasteiger partial charge in [-0.1, -0.05) is 47.6 Å². The standard InChI is InChI=1S/C22H20ClN5O4S/c1-3-10-27-20(14(2)24-21(30)16-7-4-8-17(23)11-16)25-26-22(27)33-13-19(29)15-6-5-9-18(12-15)28(31)32/h3-9,11-12,14H,1,10,13H2,2H3,(H,24,30)/t14-/m0/s1. The summed E-state index contributed by atoms with van der Waals surface area (Å²) in [6.07, 6.45) is 1.66. The third-order valence-corrected chi connectivity index (χ3v) is 5.79. The molecule has 33 heavy (non-hydrogen) atoms. The Labute approximate surface area is 199 Å². The van der Waals surface area contributed by atoms with Crippen LogP contribution in [0, 0.1) is 10.1 Å². The molecule has 0 aliphatic heterocycles. The van der Waals surface area contributed by atoms with Gasteiger partial charge in [0.2, 0.25) is 0 Å². The number of nitro groups is 1. The zero-order valence-electron chi connectivity index (χ0n) is 17.6. The normalized spacial score (nSPS) is 11.6. The lowest BCUT2D eigenvalue weighted by atomic mass is 10.1. The summed E-state index contributed by atoms with van der Waals surface area (Å²) < 4.78 is 1.75. The Morgan fingerprint density at radius 3 is 2.67 bits per heavy atom. The van der Waals surface area contributed by atoms with E-state index < -0.39 is 11.0 Å². The molecule has 0 bridgehead atoms. The van der Waals surface area contributed by atoms with E-state index in [1.54, 1.807) is 41.8 Å². The lowest BCUT2D eigenvalue weighted by Gasteiger charge is -2.15. The average Bonchev–Trinajstić information content (AvgIpc) is 3.20. The predicted octanol–water partition coefficient (Wildman–Crippen LogP) is 4.49. The molecule has 0 fully saturated rings. The smallest absolute Gasteiger partial charge is 0.270 e. The number of Topliss-reactive ketones (excluding diaryl/α,β-unsaturated/α-hetero) is 1. The monoisotopic (exact) mass is 485 g/mol. The highest BCUT2D eigenvalue weighted by Crippen LogP contribution is 2.23. The number of nitrogens with zero attached hydrogens (tertiary/aromatic N) is 4. The van der Waals surface area contributed by atoms with Crippen molar-refractivity contribution in [3.8, 4) is 0 Å². The Balaban J connectivity index is 1.72. The number of benzene rings is 2. The minimum atomic E-state index is -0.546. The summed E-state index contributed by atoms with van der Waals surface area (Å²) in [7, 11) is 0. The average molecular weight is 486 g/mol. The molecule has 0 saturated heterocycles. The second-order valence-corrected chi connectivity index (χ2v) is 8.34. The molecule has 9 nitrogen and oxygen atoms in total. The number of aromatic nitrogens is 3. The fraction of sp³-hybridized carbons (Fsp3) is 0.182. The molecule has 3 rings (SSSR count). The first-order valence-electron chi connectivity index (χ1n) is 9.81. The maximum absolute atomic E-state index is 12.6. The number of thioether (sulfide) groups is 1. The Morgan fingerprint density at radius 2 is 1.97 bits per heavy atom. The number of nitro benzene ring substituents is 1. The van der Waals surface area contributed by atoms with Crippen LogP contribution in [0.2, 0.25) is 5.02 Å². The molecule has 1 aromatic heterocycles. The van der Waals surface area contributed by atoms with E-state index in [1.165, 1.54) is 24.3 Å². The van der Waals surface area contributed by atoms with Crippen molar-refractivity contribution >= 4 is 40.7 Å². The summed E-state index contributed by atoms with van der Waals surface area (Å²) in [5.74, 6) is -0.0795. The van der Waals surface area contributed by atoms with Gasteiger partial charge in [-0.25, -0.2) is 0 Å². The molecule has 0 aliphatic rings. The fourth-order valence-corrected chi connectivity index (χ4v) is 4.05. The highest BCUT2D eigenvalue weighted by molar-refractivity contribution is 7.99. The molecular weight excluding hydrogens is 466 g/mol. The summed E-state index contributed by atoms with van der Waals surface area (Å²) >= 11 is 7.11. The zero-order valence-corrected chi connectivity index (χ0v) is 19.2. The molecule has 1 amide bonds. The molecular formula is C22H20ClN5O4S. The first kappa shape index (κ1) is 24.1. The van der Waals surface area contributed by atoms with Crippen molar-refractivity contribution in [1.82, 2.24) is 20.1 Å². The largest absolute Gasteiger partial charge is 0.342 e.